The van der Waals surface area contributed by atoms with Gasteiger partial charge in [0.05, 0.1) is 0 Å². The average Bonchev–Trinajstić information content (AvgIpc) is 2.51. The zero-order valence-electron chi connectivity index (χ0n) is 7.34. The summed E-state index contributed by atoms with van der Waals surface area (Å²) in [6.07, 6.45) is 1.58. The fraction of sp³-hybridized carbons (Fsp3) is 0.143. The van der Waals surface area contributed by atoms with Crippen LogP contribution < -0.4 is 5.73 Å². The number of aryl methyl sites for hydroxylation is 1. The lowest BCUT2D eigenvalue weighted by atomic mass is 10.7. The quantitative estimate of drug-likeness (QED) is 0.734. The molecule has 0 aromatic carbocycles. The molecule has 0 spiro atoms. The summed E-state index contributed by atoms with van der Waals surface area (Å²) in [5.74, 6) is 0.751. The molecule has 0 saturated heterocycles. The molecule has 2 aromatic rings. The van der Waals surface area contributed by atoms with Crippen molar-refractivity contribution in [2.24, 2.45) is 0 Å². The summed E-state index contributed by atoms with van der Waals surface area (Å²) in [6.45, 7) is 1.73. The van der Waals surface area contributed by atoms with Gasteiger partial charge < -0.3 is 10.2 Å². The number of anilines is 1. The molecule has 0 bridgehead atoms. The lowest BCUT2D eigenvalue weighted by Crippen LogP contribution is -1.93. The third kappa shape index (κ3) is 1.99. The van der Waals surface area contributed by atoms with Crippen molar-refractivity contribution in [1.29, 1.82) is 0 Å². The van der Waals surface area contributed by atoms with Crippen molar-refractivity contribution >= 4 is 17.7 Å². The molecule has 0 saturated carbocycles. The molecule has 0 amide bonds. The lowest BCUT2D eigenvalue weighted by Gasteiger charge is -1.95. The summed E-state index contributed by atoms with van der Waals surface area (Å²) in [5.41, 5.74) is 5.42. The van der Waals surface area contributed by atoms with Crippen LogP contribution in [0.15, 0.2) is 26.9 Å². The van der Waals surface area contributed by atoms with Crippen LogP contribution in [0, 0.1) is 6.92 Å². The van der Waals surface area contributed by atoms with Gasteiger partial charge in [-0.1, -0.05) is 0 Å². The Morgan fingerprint density at radius 1 is 1.43 bits per heavy atom. The van der Waals surface area contributed by atoms with Crippen LogP contribution in [0.1, 0.15) is 5.89 Å². The molecule has 7 heteroatoms. The van der Waals surface area contributed by atoms with Gasteiger partial charge in [0.25, 0.3) is 5.22 Å². The van der Waals surface area contributed by atoms with Crippen LogP contribution in [-0.2, 0) is 0 Å². The largest absolute Gasteiger partial charge is 0.416 e. The molecule has 2 rings (SSSR count). The molecule has 0 fully saturated rings. The molecule has 6 nitrogen and oxygen atoms in total. The SMILES string of the molecule is Cc1nnc(Sc2ccnc(N)n2)o1. The van der Waals surface area contributed by atoms with Crippen LogP contribution in [0.25, 0.3) is 0 Å². The second-order valence-corrected chi connectivity index (χ2v) is 3.41. The zero-order chi connectivity index (χ0) is 9.97. The van der Waals surface area contributed by atoms with Gasteiger partial charge >= 0.3 is 0 Å². The Morgan fingerprint density at radius 3 is 2.93 bits per heavy atom. The third-order valence-corrected chi connectivity index (χ3v) is 2.12. The van der Waals surface area contributed by atoms with E-state index in [1.165, 1.54) is 11.8 Å². The van der Waals surface area contributed by atoms with Crippen molar-refractivity contribution in [2.45, 2.75) is 17.2 Å². The highest BCUT2D eigenvalue weighted by Gasteiger charge is 2.05. The van der Waals surface area contributed by atoms with Gasteiger partial charge in [0.2, 0.25) is 11.8 Å². The maximum Gasteiger partial charge on any atom is 0.282 e. The Labute approximate surface area is 84.0 Å². The first-order valence-electron chi connectivity index (χ1n) is 3.80. The summed E-state index contributed by atoms with van der Waals surface area (Å²) in [6, 6.07) is 1.72. The maximum atomic E-state index is 5.42. The fourth-order valence-electron chi connectivity index (χ4n) is 0.822. The first-order valence-corrected chi connectivity index (χ1v) is 4.62. The predicted molar refractivity (Wildman–Crippen MR) is 49.6 cm³/mol. The molecule has 72 valence electrons. The molecule has 14 heavy (non-hydrogen) atoms. The topological polar surface area (TPSA) is 90.7 Å². The van der Waals surface area contributed by atoms with E-state index < -0.39 is 0 Å². The first-order chi connectivity index (χ1) is 6.74. The maximum absolute atomic E-state index is 5.42. The van der Waals surface area contributed by atoms with Gasteiger partial charge in [0.1, 0.15) is 5.03 Å². The zero-order valence-corrected chi connectivity index (χ0v) is 8.15. The van der Waals surface area contributed by atoms with E-state index in [0.29, 0.717) is 16.1 Å². The standard InChI is InChI=1S/C7H7N5OS/c1-4-11-12-7(13-4)14-5-2-3-9-6(8)10-5/h2-3H,1H3,(H2,8,9,10). The molecule has 2 heterocycles. The summed E-state index contributed by atoms with van der Waals surface area (Å²) in [4.78, 5) is 7.75. The van der Waals surface area contributed by atoms with Crippen molar-refractivity contribution < 1.29 is 4.42 Å². The minimum absolute atomic E-state index is 0.228. The van der Waals surface area contributed by atoms with Gasteiger partial charge in [-0.3, -0.25) is 0 Å². The minimum atomic E-state index is 0.228. The number of aromatic nitrogens is 4. The molecule has 0 unspecified atom stereocenters. The summed E-state index contributed by atoms with van der Waals surface area (Å²) < 4.78 is 5.17. The van der Waals surface area contributed by atoms with E-state index in [1.54, 1.807) is 19.2 Å². The van der Waals surface area contributed by atoms with Crippen LogP contribution in [0.3, 0.4) is 0 Å². The highest BCUT2D eigenvalue weighted by molar-refractivity contribution is 7.99. The Kier molecular flexibility index (Phi) is 2.32. The molecule has 0 aliphatic carbocycles. The molecule has 0 radical (unpaired) electrons. The van der Waals surface area contributed by atoms with Gasteiger partial charge in [-0.15, -0.1) is 10.2 Å². The Bertz CT molecular complexity index is 443. The second-order valence-electron chi connectivity index (χ2n) is 2.44. The van der Waals surface area contributed by atoms with Gasteiger partial charge in [-0.2, -0.15) is 0 Å². The van der Waals surface area contributed by atoms with Crippen LogP contribution in [0.2, 0.25) is 0 Å². The van der Waals surface area contributed by atoms with Crippen molar-refractivity contribution in [1.82, 2.24) is 20.2 Å². The number of hydrogen-bond acceptors (Lipinski definition) is 7. The number of rotatable bonds is 2. The van der Waals surface area contributed by atoms with Crippen LogP contribution in [0.4, 0.5) is 5.95 Å². The summed E-state index contributed by atoms with van der Waals surface area (Å²) in [7, 11) is 0. The molecule has 0 atom stereocenters. The van der Waals surface area contributed by atoms with E-state index in [-0.39, 0.29) is 5.95 Å². The van der Waals surface area contributed by atoms with Crippen molar-refractivity contribution in [2.75, 3.05) is 5.73 Å². The van der Waals surface area contributed by atoms with Crippen LogP contribution in [-0.4, -0.2) is 20.2 Å². The number of nitrogens with zero attached hydrogens (tertiary/aromatic N) is 4. The van der Waals surface area contributed by atoms with Crippen molar-refractivity contribution in [3.63, 3.8) is 0 Å². The van der Waals surface area contributed by atoms with Gasteiger partial charge in [0.15, 0.2) is 0 Å². The minimum Gasteiger partial charge on any atom is -0.416 e. The van der Waals surface area contributed by atoms with Gasteiger partial charge in [0, 0.05) is 13.1 Å². The smallest absolute Gasteiger partial charge is 0.282 e. The monoisotopic (exact) mass is 209 g/mol. The van der Waals surface area contributed by atoms with E-state index >= 15 is 0 Å². The number of nitrogen functional groups attached to an aromatic ring is 1. The highest BCUT2D eigenvalue weighted by atomic mass is 32.2. The molecule has 0 aliphatic rings. The molecule has 2 aromatic heterocycles. The number of nitrogens with two attached hydrogens (primary N) is 1. The predicted octanol–water partition coefficient (Wildman–Crippen LogP) is 0.901. The van der Waals surface area contributed by atoms with Crippen LogP contribution >= 0.6 is 11.8 Å². The van der Waals surface area contributed by atoms with E-state index in [9.17, 15) is 0 Å². The van der Waals surface area contributed by atoms with Crippen molar-refractivity contribution in [3.05, 3.63) is 18.2 Å². The van der Waals surface area contributed by atoms with E-state index in [1.807, 2.05) is 0 Å². The Morgan fingerprint density at radius 2 is 2.29 bits per heavy atom. The summed E-state index contributed by atoms with van der Waals surface area (Å²) >= 11 is 1.25. The van der Waals surface area contributed by atoms with E-state index in [0.717, 1.165) is 0 Å². The number of hydrogen-bond donors (Lipinski definition) is 1. The molecule has 2 N–H and O–H groups in total. The first kappa shape index (κ1) is 8.95. The van der Waals surface area contributed by atoms with Crippen LogP contribution in [0.5, 0.6) is 0 Å². The molecular weight excluding hydrogens is 202 g/mol. The average molecular weight is 209 g/mol. The van der Waals surface area contributed by atoms with Gasteiger partial charge in [-0.25, -0.2) is 9.97 Å². The van der Waals surface area contributed by atoms with E-state index in [4.69, 9.17) is 10.2 Å². The normalized spacial score (nSPS) is 10.4. The Balaban J connectivity index is 2.18. The second kappa shape index (κ2) is 3.62. The third-order valence-electron chi connectivity index (χ3n) is 1.35. The molecular formula is C7H7N5OS. The lowest BCUT2D eigenvalue weighted by molar-refractivity contribution is 0.429. The molecule has 0 aliphatic heterocycles. The van der Waals surface area contributed by atoms with E-state index in [2.05, 4.69) is 20.2 Å². The summed E-state index contributed by atoms with van der Waals surface area (Å²) in [5, 5.41) is 8.64. The fourth-order valence-corrected chi connectivity index (χ4v) is 1.51. The Hall–Kier alpha value is -1.63. The van der Waals surface area contributed by atoms with Gasteiger partial charge in [-0.05, 0) is 17.8 Å². The van der Waals surface area contributed by atoms with Crippen molar-refractivity contribution in [3.8, 4) is 0 Å². The highest BCUT2D eigenvalue weighted by Crippen LogP contribution is 2.24.